The summed E-state index contributed by atoms with van der Waals surface area (Å²) in [7, 11) is -3.08. The summed E-state index contributed by atoms with van der Waals surface area (Å²) in [6.07, 6.45) is 26.5. The van der Waals surface area contributed by atoms with Gasteiger partial charge in [0.1, 0.15) is 17.5 Å². The highest BCUT2D eigenvalue weighted by Gasteiger charge is 2.23. The number of aliphatic imine (C=N–C) groups is 6. The molecule has 0 unspecified atom stereocenters. The second-order valence-electron chi connectivity index (χ2n) is 34.3. The second-order valence-corrected chi connectivity index (χ2v) is 36.5. The highest BCUT2D eigenvalue weighted by atomic mass is 32.2. The lowest BCUT2D eigenvalue weighted by Crippen LogP contribution is -2.01. The third-order valence-electron chi connectivity index (χ3n) is 24.4. The number of anilines is 1. The van der Waals surface area contributed by atoms with Crippen LogP contribution in [-0.2, 0) is 54.9 Å². The minimum Gasteiger partial charge on any atom is -0.399 e. The number of halogens is 5. The Labute approximate surface area is 807 Å². The molecule has 0 atom stereocenters. The van der Waals surface area contributed by atoms with Gasteiger partial charge in [0.15, 0.2) is 21.5 Å². The molecule has 0 spiro atoms. The molecular formula is C117H88F5N15O2S. The molecule has 0 amide bonds. The molecule has 0 saturated heterocycles. The van der Waals surface area contributed by atoms with Gasteiger partial charge in [0.2, 0.25) is 0 Å². The maximum atomic E-state index is 14.4. The Morgan fingerprint density at radius 3 is 1.04 bits per heavy atom. The fourth-order valence-electron chi connectivity index (χ4n) is 17.4. The van der Waals surface area contributed by atoms with Gasteiger partial charge in [-0.1, -0.05) is 133 Å². The van der Waals surface area contributed by atoms with E-state index >= 15 is 0 Å². The number of hydrogen-bond acceptors (Lipinski definition) is 17. The van der Waals surface area contributed by atoms with E-state index in [2.05, 4.69) is 155 Å². The molecule has 2 N–H and O–H groups in total. The van der Waals surface area contributed by atoms with Crippen LogP contribution in [0.1, 0.15) is 89.3 Å². The number of hydrogen-bond donors (Lipinski definition) is 1. The quantitative estimate of drug-likeness (QED) is 0.0793. The number of aryl methyl sites for hydroxylation is 3. The van der Waals surface area contributed by atoms with Gasteiger partial charge in [0.05, 0.1) is 90.6 Å². The highest BCUT2D eigenvalue weighted by molar-refractivity contribution is 7.89. The molecule has 0 saturated carbocycles. The molecule has 14 heterocycles. The molecule has 10 aromatic carbocycles. The van der Waals surface area contributed by atoms with Crippen molar-refractivity contribution in [2.45, 2.75) is 65.8 Å². The largest absolute Gasteiger partial charge is 0.399 e. The lowest BCUT2D eigenvalue weighted by atomic mass is 9.96. The fourth-order valence-corrected chi connectivity index (χ4v) is 18.2. The van der Waals surface area contributed by atoms with Crippen LogP contribution in [0.3, 0.4) is 0 Å². The molecule has 0 bridgehead atoms. The molecule has 18 aromatic rings. The van der Waals surface area contributed by atoms with E-state index < -0.39 is 21.5 Å². The smallest absolute Gasteiger partial charge is 0.159 e. The van der Waals surface area contributed by atoms with Crippen LogP contribution < -0.4 is 5.73 Å². The van der Waals surface area contributed by atoms with Crippen molar-refractivity contribution in [2.75, 3.05) is 12.0 Å². The Morgan fingerprint density at radius 2 is 0.614 bits per heavy atom. The summed E-state index contributed by atoms with van der Waals surface area (Å²) in [6, 6.07) is 87.3. The highest BCUT2D eigenvalue weighted by Crippen LogP contribution is 2.41. The molecule has 0 aliphatic carbocycles. The van der Waals surface area contributed by atoms with E-state index in [1.165, 1.54) is 52.3 Å². The first-order valence-electron chi connectivity index (χ1n) is 45.3. The third-order valence-corrected chi connectivity index (χ3v) is 25.2. The van der Waals surface area contributed by atoms with Crippen molar-refractivity contribution >= 4 is 52.8 Å². The first kappa shape index (κ1) is 91.9. The maximum Gasteiger partial charge on any atom is 0.159 e. The molecule has 140 heavy (non-hydrogen) atoms. The zero-order valence-corrected chi connectivity index (χ0v) is 77.4. The van der Waals surface area contributed by atoms with E-state index in [-0.39, 0.29) is 23.2 Å². The average Bonchev–Trinajstić information content (AvgIpc) is 1.27. The minimum atomic E-state index is -3.08. The number of sulfone groups is 1. The van der Waals surface area contributed by atoms with Crippen LogP contribution in [0.5, 0.6) is 0 Å². The summed E-state index contributed by atoms with van der Waals surface area (Å²) >= 11 is 0. The molecule has 24 rings (SSSR count). The van der Waals surface area contributed by atoms with Crippen LogP contribution in [-0.4, -0.2) is 91.8 Å². The Bertz CT molecular complexity index is 8030. The summed E-state index contributed by atoms with van der Waals surface area (Å²) in [5.41, 5.74) is 44.3. The lowest BCUT2D eigenvalue weighted by Gasteiger charge is -2.11. The number of pyridine rings is 8. The van der Waals surface area contributed by atoms with Crippen LogP contribution in [0.15, 0.2) is 359 Å². The molecule has 0 radical (unpaired) electrons. The molecule has 8 aromatic heterocycles. The average molecular weight is 1860 g/mol. The standard InChI is InChI=1S/C21H18N2O2S.2C20H15FN2.C19H14FN3.C19H15N3.C18H11F2N3/c1-26(24,25)14-15-4-2-5-17(10-15)21-20(6-3-9-23-21)16-7-8-18-12-22-13-19(18)11-16;1-13-4-7-19(21)18(9-13)20-17(3-2-8-23-20)14-5-6-15-11-22-12-16(15)10-14;1-13-4-7-18(19(21)9-13)20-17(3-2-8-23-20)14-5-6-15-11-22-12-16(15)10-14;1-12-7-13(4-5-17(12)20)19-16(3-2-6-22-19)14-8-15-9-21-11-18(15)23-10-14;20-17-4-1-3-14(10-17)19-18(5-2-8-22-19)13-6-7-15-11-21-12-16(15)9-13;19-15-4-3-11(7-16(15)20)18-14(2-1-5-22-18)12-6-13-8-21-10-17(13)23-9-12/h2-11,13H,12,14H2,1H3;2*2-10,12H,11H2,1H3;2-10H,11H2,1H3;1-10,12H,11,20H2;1-9H,10H2. The van der Waals surface area contributed by atoms with Crippen molar-refractivity contribution in [2.24, 2.45) is 30.0 Å². The van der Waals surface area contributed by atoms with Crippen molar-refractivity contribution in [1.29, 1.82) is 0 Å². The van der Waals surface area contributed by atoms with Crippen molar-refractivity contribution in [3.05, 3.63) is 447 Å². The number of nitrogens with two attached hydrogens (primary N) is 1. The van der Waals surface area contributed by atoms with E-state index in [0.29, 0.717) is 52.4 Å². The summed E-state index contributed by atoms with van der Waals surface area (Å²) in [6.45, 7) is 9.83. The van der Waals surface area contributed by atoms with Crippen molar-refractivity contribution in [1.82, 2.24) is 39.9 Å². The number of benzene rings is 10. The Hall–Kier alpha value is -17.2. The molecular weight excluding hydrogens is 1770 g/mol. The van der Waals surface area contributed by atoms with Crippen molar-refractivity contribution in [3.8, 4) is 134 Å². The van der Waals surface area contributed by atoms with E-state index in [4.69, 9.17) is 5.73 Å². The summed E-state index contributed by atoms with van der Waals surface area (Å²) < 4.78 is 92.2. The number of fused-ring (bicyclic) bond motifs is 6. The van der Waals surface area contributed by atoms with Crippen molar-refractivity contribution < 1.29 is 30.4 Å². The fraction of sp³-hybridized carbons (Fsp3) is 0.0940. The van der Waals surface area contributed by atoms with Gasteiger partial charge in [-0.3, -0.25) is 69.8 Å². The molecule has 23 heteroatoms. The van der Waals surface area contributed by atoms with E-state index in [1.54, 1.807) is 80.7 Å². The lowest BCUT2D eigenvalue weighted by molar-refractivity contribution is 0.509. The Kier molecular flexibility index (Phi) is 27.0. The molecule has 684 valence electrons. The first-order valence-corrected chi connectivity index (χ1v) is 47.3. The summed E-state index contributed by atoms with van der Waals surface area (Å²) in [5.74, 6) is -2.44. The number of aromatic nitrogens is 8. The van der Waals surface area contributed by atoms with Gasteiger partial charge in [0, 0.05) is 188 Å². The predicted molar refractivity (Wildman–Crippen MR) is 551 cm³/mol. The first-order chi connectivity index (χ1) is 68.2. The van der Waals surface area contributed by atoms with Crippen LogP contribution >= 0.6 is 0 Å². The Balaban J connectivity index is 0.000000107. The molecule has 6 aliphatic rings. The van der Waals surface area contributed by atoms with Gasteiger partial charge in [0.25, 0.3) is 0 Å². The Morgan fingerprint density at radius 1 is 0.264 bits per heavy atom. The van der Waals surface area contributed by atoms with Gasteiger partial charge in [-0.2, -0.15) is 0 Å². The zero-order valence-electron chi connectivity index (χ0n) is 76.5. The third kappa shape index (κ3) is 20.9. The van der Waals surface area contributed by atoms with E-state index in [0.717, 1.165) is 200 Å². The number of nitrogens with zero attached hydrogens (tertiary/aromatic N) is 14. The van der Waals surface area contributed by atoms with Crippen LogP contribution in [0.4, 0.5) is 27.6 Å². The van der Waals surface area contributed by atoms with Gasteiger partial charge in [-0.05, 0) is 256 Å². The van der Waals surface area contributed by atoms with Crippen LogP contribution in [0.2, 0.25) is 0 Å². The number of rotatable bonds is 14. The van der Waals surface area contributed by atoms with Crippen molar-refractivity contribution in [3.63, 3.8) is 0 Å². The van der Waals surface area contributed by atoms with Gasteiger partial charge in [-0.25, -0.2) is 30.4 Å². The van der Waals surface area contributed by atoms with E-state index in [1.807, 2.05) is 191 Å². The summed E-state index contributed by atoms with van der Waals surface area (Å²) in [5, 5.41) is 0. The molecule has 17 nitrogen and oxygen atoms in total. The zero-order chi connectivity index (χ0) is 96.3. The maximum absolute atomic E-state index is 14.4. The van der Waals surface area contributed by atoms with E-state index in [9.17, 15) is 30.4 Å². The van der Waals surface area contributed by atoms with Crippen LogP contribution in [0, 0.1) is 49.9 Å². The minimum absolute atomic E-state index is 0.0261. The van der Waals surface area contributed by atoms with Crippen LogP contribution in [0.25, 0.3) is 134 Å². The van der Waals surface area contributed by atoms with Gasteiger partial charge >= 0.3 is 0 Å². The topological polar surface area (TPSA) is 237 Å². The number of nitrogen functional groups attached to an aromatic ring is 1. The normalized spacial score (nSPS) is 12.5. The van der Waals surface area contributed by atoms with Gasteiger partial charge in [-0.15, -0.1) is 0 Å². The summed E-state index contributed by atoms with van der Waals surface area (Å²) in [4.78, 5) is 61.4. The SMILES string of the molecule is CS(=O)(=O)Cc1cccc(-c2ncccc2-c2ccc3c(c2)C=NC3)c1.Cc1cc(-c2ncccc2-c2cnc3c(c2)C=NC3)ccc1F.Cc1ccc(-c2ncccc2-c2ccc3c(c2)C=NC3)c(F)c1.Cc1ccc(F)c(-c2ncccc2-c2ccc3c(c2)C=NC3)c1.Fc1ccc(-c2ncccc2-c2cnc3c(c2)C=NC3)cc1F.Nc1cccc(-c2ncccc2-c2ccc3c(c2)C=NC3)c1. The van der Waals surface area contributed by atoms with Gasteiger partial charge < -0.3 is 5.73 Å². The molecule has 6 aliphatic heterocycles. The second kappa shape index (κ2) is 41.2. The molecule has 0 fully saturated rings. The predicted octanol–water partition coefficient (Wildman–Crippen LogP) is 25.6. The monoisotopic (exact) mass is 1860 g/mol.